The molecule has 27 heavy (non-hydrogen) atoms. The Labute approximate surface area is 162 Å². The lowest BCUT2D eigenvalue weighted by Crippen LogP contribution is -2.45. The van der Waals surface area contributed by atoms with Gasteiger partial charge in [0.1, 0.15) is 0 Å². The first kappa shape index (κ1) is 18.9. The molecule has 1 aromatic carbocycles. The Kier molecular flexibility index (Phi) is 5.46. The number of fused-ring (bicyclic) bond motifs is 1. The topological polar surface area (TPSA) is 91.6 Å². The summed E-state index contributed by atoms with van der Waals surface area (Å²) in [6.07, 6.45) is 4.67. The molecule has 8 nitrogen and oxygen atoms in total. The summed E-state index contributed by atoms with van der Waals surface area (Å²) >= 11 is 0. The average molecular weight is 390 g/mol. The molecular formula is C18H20ClN5O3. The molecule has 0 unspecified atom stereocenters. The van der Waals surface area contributed by atoms with E-state index in [1.165, 1.54) is 16.6 Å². The lowest BCUT2D eigenvalue weighted by molar-refractivity contribution is 0.0687. The first-order valence-corrected chi connectivity index (χ1v) is 8.56. The predicted molar refractivity (Wildman–Crippen MR) is 99.9 cm³/mol. The normalized spacial score (nSPS) is 15.8. The fourth-order valence-corrected chi connectivity index (χ4v) is 3.37. The number of carboxylic acids is 1. The van der Waals surface area contributed by atoms with Gasteiger partial charge in [-0.3, -0.25) is 4.79 Å². The molecule has 9 heteroatoms. The number of nitrogens with zero attached hydrogens (tertiary/aromatic N) is 5. The molecule has 2 aromatic rings. The summed E-state index contributed by atoms with van der Waals surface area (Å²) in [5.74, 6) is -1.06. The molecule has 1 fully saturated rings. The maximum atomic E-state index is 12.7. The van der Waals surface area contributed by atoms with Crippen LogP contribution in [0.4, 0.5) is 0 Å². The van der Waals surface area contributed by atoms with E-state index in [9.17, 15) is 9.59 Å². The Morgan fingerprint density at radius 3 is 2.59 bits per heavy atom. The number of carbonyl (C=O) groups excluding carboxylic acids is 1. The number of benzene rings is 1. The Hall–Kier alpha value is -2.87. The highest BCUT2D eigenvalue weighted by molar-refractivity contribution is 5.94. The molecule has 1 amide bonds. The second-order valence-corrected chi connectivity index (χ2v) is 6.50. The van der Waals surface area contributed by atoms with Gasteiger partial charge in [0.15, 0.2) is 5.69 Å². The number of aromatic carboxylic acids is 1. The minimum absolute atomic E-state index is 0. The van der Waals surface area contributed by atoms with Gasteiger partial charge in [0.05, 0.1) is 19.3 Å². The molecule has 1 aromatic heterocycles. The number of carbonyl (C=O) groups is 2. The molecule has 0 radical (unpaired) electrons. The number of aromatic nitrogens is 3. The van der Waals surface area contributed by atoms with Crippen LogP contribution in [0, 0.1) is 0 Å². The van der Waals surface area contributed by atoms with Crippen LogP contribution in [-0.2, 0) is 6.54 Å². The van der Waals surface area contributed by atoms with E-state index in [0.717, 1.165) is 31.6 Å². The van der Waals surface area contributed by atoms with Gasteiger partial charge in [0, 0.05) is 30.9 Å². The van der Waals surface area contributed by atoms with E-state index >= 15 is 0 Å². The summed E-state index contributed by atoms with van der Waals surface area (Å²) < 4.78 is 1.46. The largest absolute Gasteiger partial charge is 0.476 e. The van der Waals surface area contributed by atoms with Crippen molar-refractivity contribution in [3.63, 3.8) is 0 Å². The molecule has 2 aliphatic rings. The van der Waals surface area contributed by atoms with Crippen LogP contribution in [-0.4, -0.2) is 68.0 Å². The summed E-state index contributed by atoms with van der Waals surface area (Å²) in [7, 11) is 0. The van der Waals surface area contributed by atoms with Crippen LogP contribution >= 0.6 is 12.4 Å². The van der Waals surface area contributed by atoms with Gasteiger partial charge in [-0.15, -0.1) is 17.5 Å². The molecule has 1 saturated heterocycles. The standard InChI is InChI=1S/C18H19N5O3.ClH/c24-17(22-9-8-21-7-1-2-15(21)11-22)14-5-3-13(4-6-14)10-23-12-16(18(25)26)19-20-23;/h2-6,12H,1,7-11H2,(H,25,26);1H. The zero-order chi connectivity index (χ0) is 18.1. The predicted octanol–water partition coefficient (Wildman–Crippen LogP) is 1.49. The van der Waals surface area contributed by atoms with E-state index in [4.69, 9.17) is 5.11 Å². The van der Waals surface area contributed by atoms with Crippen molar-refractivity contribution in [2.24, 2.45) is 0 Å². The third-order valence-electron chi connectivity index (χ3n) is 4.77. The summed E-state index contributed by atoms with van der Waals surface area (Å²) in [5.41, 5.74) is 2.75. The molecule has 0 bridgehead atoms. The number of carboxylic acid groups (broad SMARTS) is 1. The van der Waals surface area contributed by atoms with Crippen LogP contribution in [0.2, 0.25) is 0 Å². The summed E-state index contributed by atoms with van der Waals surface area (Å²) in [6, 6.07) is 7.34. The number of hydrogen-bond donors (Lipinski definition) is 1. The Morgan fingerprint density at radius 2 is 1.89 bits per heavy atom. The Balaban J connectivity index is 0.00000210. The maximum absolute atomic E-state index is 12.7. The fraction of sp³-hybridized carbons (Fsp3) is 0.333. The van der Waals surface area contributed by atoms with E-state index in [2.05, 4.69) is 21.3 Å². The van der Waals surface area contributed by atoms with Gasteiger partial charge in [0.25, 0.3) is 5.91 Å². The van der Waals surface area contributed by atoms with Crippen molar-refractivity contribution in [3.05, 3.63) is 59.1 Å². The highest BCUT2D eigenvalue weighted by Gasteiger charge is 2.26. The van der Waals surface area contributed by atoms with Crippen LogP contribution in [0.15, 0.2) is 42.2 Å². The highest BCUT2D eigenvalue weighted by atomic mass is 35.5. The monoisotopic (exact) mass is 389 g/mol. The number of piperazine rings is 1. The number of halogens is 1. The van der Waals surface area contributed by atoms with Gasteiger partial charge in [-0.25, -0.2) is 9.48 Å². The van der Waals surface area contributed by atoms with Crippen molar-refractivity contribution in [1.82, 2.24) is 24.8 Å². The van der Waals surface area contributed by atoms with E-state index in [1.807, 2.05) is 29.2 Å². The Bertz CT molecular complexity index is 877. The van der Waals surface area contributed by atoms with Crippen molar-refractivity contribution in [2.45, 2.75) is 13.0 Å². The van der Waals surface area contributed by atoms with Gasteiger partial charge in [-0.05, 0) is 24.1 Å². The van der Waals surface area contributed by atoms with E-state index < -0.39 is 5.97 Å². The fourth-order valence-electron chi connectivity index (χ4n) is 3.37. The summed E-state index contributed by atoms with van der Waals surface area (Å²) in [4.78, 5) is 27.8. The zero-order valence-corrected chi connectivity index (χ0v) is 15.4. The van der Waals surface area contributed by atoms with Gasteiger partial charge in [-0.1, -0.05) is 23.4 Å². The molecular weight excluding hydrogens is 370 g/mol. The molecule has 2 aliphatic heterocycles. The van der Waals surface area contributed by atoms with Crippen LogP contribution in [0.5, 0.6) is 0 Å². The summed E-state index contributed by atoms with van der Waals surface area (Å²) in [6.45, 7) is 3.79. The lowest BCUT2D eigenvalue weighted by atomic mass is 10.1. The average Bonchev–Trinajstić information content (AvgIpc) is 3.30. The van der Waals surface area contributed by atoms with Crippen LogP contribution < -0.4 is 0 Å². The van der Waals surface area contributed by atoms with Crippen LogP contribution in [0.3, 0.4) is 0 Å². The third kappa shape index (κ3) is 3.95. The zero-order valence-electron chi connectivity index (χ0n) is 14.6. The lowest BCUT2D eigenvalue weighted by Gasteiger charge is -2.35. The van der Waals surface area contributed by atoms with Gasteiger partial charge in [0.2, 0.25) is 0 Å². The van der Waals surface area contributed by atoms with Crippen molar-refractivity contribution in [2.75, 3.05) is 26.2 Å². The molecule has 0 atom stereocenters. The SMILES string of the molecule is Cl.O=C(O)c1cn(Cc2ccc(C(=O)N3CCN4CCC=C4C3)cc2)nn1. The minimum Gasteiger partial charge on any atom is -0.476 e. The number of rotatable bonds is 4. The van der Waals surface area contributed by atoms with Crippen molar-refractivity contribution < 1.29 is 14.7 Å². The molecule has 1 N–H and O–H groups in total. The third-order valence-corrected chi connectivity index (χ3v) is 4.77. The smallest absolute Gasteiger partial charge is 0.358 e. The first-order valence-electron chi connectivity index (χ1n) is 8.56. The number of hydrogen-bond acceptors (Lipinski definition) is 5. The summed E-state index contributed by atoms with van der Waals surface area (Å²) in [5, 5.41) is 16.3. The second-order valence-electron chi connectivity index (χ2n) is 6.50. The molecule has 0 spiro atoms. The van der Waals surface area contributed by atoms with Gasteiger partial charge < -0.3 is 14.9 Å². The van der Waals surface area contributed by atoms with E-state index in [1.54, 1.807) is 0 Å². The number of amides is 1. The molecule has 3 heterocycles. The van der Waals surface area contributed by atoms with Crippen molar-refractivity contribution >= 4 is 24.3 Å². The van der Waals surface area contributed by atoms with Gasteiger partial charge >= 0.3 is 5.97 Å². The van der Waals surface area contributed by atoms with Gasteiger partial charge in [-0.2, -0.15) is 0 Å². The van der Waals surface area contributed by atoms with E-state index in [-0.39, 0.29) is 24.0 Å². The second kappa shape index (κ2) is 7.79. The highest BCUT2D eigenvalue weighted by Crippen LogP contribution is 2.21. The molecule has 0 aliphatic carbocycles. The van der Waals surface area contributed by atoms with Crippen molar-refractivity contribution in [3.8, 4) is 0 Å². The maximum Gasteiger partial charge on any atom is 0.358 e. The van der Waals surface area contributed by atoms with Crippen LogP contribution in [0.25, 0.3) is 0 Å². The van der Waals surface area contributed by atoms with Crippen LogP contribution in [0.1, 0.15) is 32.8 Å². The minimum atomic E-state index is -1.10. The molecule has 4 rings (SSSR count). The van der Waals surface area contributed by atoms with E-state index in [0.29, 0.717) is 18.7 Å². The first-order chi connectivity index (χ1) is 12.6. The Morgan fingerprint density at radius 1 is 1.11 bits per heavy atom. The van der Waals surface area contributed by atoms with Crippen molar-refractivity contribution in [1.29, 1.82) is 0 Å². The quantitative estimate of drug-likeness (QED) is 0.851. The molecule has 0 saturated carbocycles. The molecule has 142 valence electrons.